The molecule has 0 atom stereocenters. The maximum absolute atomic E-state index is 4.51. The lowest BCUT2D eigenvalue weighted by molar-refractivity contribution is 0.150. The van der Waals surface area contributed by atoms with Crippen LogP contribution in [0.3, 0.4) is 0 Å². The van der Waals surface area contributed by atoms with Crippen LogP contribution in [0.4, 0.5) is 0 Å². The fourth-order valence-corrected chi connectivity index (χ4v) is 5.61. The lowest BCUT2D eigenvalue weighted by Crippen LogP contribution is -2.51. The highest BCUT2D eigenvalue weighted by atomic mass is 127. The van der Waals surface area contributed by atoms with Crippen LogP contribution in [0, 0.1) is 12.8 Å². The molecule has 0 amide bonds. The number of benzene rings is 1. The fraction of sp³-hybridized carbons (Fsp3) is 0.731. The Hall–Kier alpha value is -0.860. The Labute approximate surface area is 212 Å². The van der Waals surface area contributed by atoms with Crippen molar-refractivity contribution >= 4 is 29.9 Å². The average molecular weight is 554 g/mol. The summed E-state index contributed by atoms with van der Waals surface area (Å²) in [5.41, 5.74) is 2.78. The third-order valence-corrected chi connectivity index (χ3v) is 7.73. The molecule has 2 heterocycles. The number of nitrogens with one attached hydrogen (secondary N) is 2. The molecule has 32 heavy (non-hydrogen) atoms. The van der Waals surface area contributed by atoms with Gasteiger partial charge in [-0.05, 0) is 70.0 Å². The maximum atomic E-state index is 4.51. The van der Waals surface area contributed by atoms with E-state index < -0.39 is 0 Å². The Kier molecular flexibility index (Phi) is 10.6. The summed E-state index contributed by atoms with van der Waals surface area (Å²) < 4.78 is 0. The summed E-state index contributed by atoms with van der Waals surface area (Å²) in [4.78, 5) is 9.86. The summed E-state index contributed by atoms with van der Waals surface area (Å²) in [6.07, 6.45) is 10.7. The Bertz CT molecular complexity index is 685. The van der Waals surface area contributed by atoms with E-state index in [2.05, 4.69) is 56.6 Å². The molecule has 5 nitrogen and oxygen atoms in total. The van der Waals surface area contributed by atoms with Crippen LogP contribution < -0.4 is 10.6 Å². The number of halogens is 1. The van der Waals surface area contributed by atoms with Gasteiger partial charge >= 0.3 is 0 Å². The molecule has 0 spiro atoms. The first-order valence-electron chi connectivity index (χ1n) is 12.7. The molecule has 3 fully saturated rings. The highest BCUT2D eigenvalue weighted by molar-refractivity contribution is 14.0. The van der Waals surface area contributed by atoms with Crippen LogP contribution in [0.2, 0.25) is 0 Å². The van der Waals surface area contributed by atoms with Crippen molar-refractivity contribution < 1.29 is 0 Å². The molecule has 0 aromatic heterocycles. The molecule has 0 radical (unpaired) electrons. The lowest BCUT2D eigenvalue weighted by atomic mass is 9.96. The van der Waals surface area contributed by atoms with Crippen molar-refractivity contribution in [1.29, 1.82) is 0 Å². The zero-order valence-corrected chi connectivity index (χ0v) is 22.5. The third kappa shape index (κ3) is 7.59. The summed E-state index contributed by atoms with van der Waals surface area (Å²) in [6, 6.07) is 10.4. The molecule has 2 N–H and O–H groups in total. The summed E-state index contributed by atoms with van der Waals surface area (Å²) in [5, 5.41) is 7.33. The maximum Gasteiger partial charge on any atom is 0.191 e. The number of guanidine groups is 1. The van der Waals surface area contributed by atoms with Crippen LogP contribution in [0.1, 0.15) is 62.5 Å². The van der Waals surface area contributed by atoms with Crippen molar-refractivity contribution in [3.05, 3.63) is 35.4 Å². The van der Waals surface area contributed by atoms with E-state index >= 15 is 0 Å². The zero-order valence-electron chi connectivity index (χ0n) is 20.2. The average Bonchev–Trinajstić information content (AvgIpc) is 3.34. The summed E-state index contributed by atoms with van der Waals surface area (Å²) in [6.45, 7) is 9.18. The zero-order chi connectivity index (χ0) is 21.5. The van der Waals surface area contributed by atoms with Crippen molar-refractivity contribution in [2.24, 2.45) is 10.9 Å². The number of nitrogens with zero attached hydrogens (tertiary/aromatic N) is 3. The van der Waals surface area contributed by atoms with Gasteiger partial charge in [0.05, 0.1) is 0 Å². The molecule has 1 aromatic carbocycles. The van der Waals surface area contributed by atoms with Crippen molar-refractivity contribution in [2.45, 2.75) is 76.9 Å². The molecule has 1 aromatic rings. The largest absolute Gasteiger partial charge is 0.356 e. The number of rotatable bonds is 6. The molecular weight excluding hydrogens is 509 g/mol. The van der Waals surface area contributed by atoms with Crippen LogP contribution in [0.5, 0.6) is 0 Å². The molecule has 6 heteroatoms. The molecule has 2 saturated heterocycles. The van der Waals surface area contributed by atoms with Crippen molar-refractivity contribution in [3.8, 4) is 0 Å². The number of hydrogen-bond donors (Lipinski definition) is 2. The molecule has 180 valence electrons. The topological polar surface area (TPSA) is 42.9 Å². The predicted octanol–water partition coefficient (Wildman–Crippen LogP) is 4.40. The van der Waals surface area contributed by atoms with E-state index in [0.717, 1.165) is 31.0 Å². The SMILES string of the molecule is CN=C(NCC1CCN(Cc2ccc(C)cc2)CC1)NC1CCN(C2CCCC2)CC1.I. The Balaban J connectivity index is 0.00000289. The first kappa shape index (κ1) is 25.8. The Morgan fingerprint density at radius 2 is 1.59 bits per heavy atom. The number of aryl methyl sites for hydroxylation is 1. The van der Waals surface area contributed by atoms with Gasteiger partial charge in [-0.25, -0.2) is 0 Å². The van der Waals surface area contributed by atoms with Crippen molar-refractivity contribution in [1.82, 2.24) is 20.4 Å². The highest BCUT2D eigenvalue weighted by Gasteiger charge is 2.27. The number of likely N-dealkylation sites (tertiary alicyclic amines) is 2. The van der Waals surface area contributed by atoms with Crippen LogP contribution in [0.25, 0.3) is 0 Å². The molecule has 4 rings (SSSR count). The van der Waals surface area contributed by atoms with Gasteiger partial charge in [-0.15, -0.1) is 24.0 Å². The van der Waals surface area contributed by atoms with Gasteiger partial charge in [-0.3, -0.25) is 9.89 Å². The fourth-order valence-electron chi connectivity index (χ4n) is 5.61. The second-order valence-electron chi connectivity index (χ2n) is 10.1. The van der Waals surface area contributed by atoms with Gasteiger partial charge < -0.3 is 15.5 Å². The van der Waals surface area contributed by atoms with E-state index in [0.29, 0.717) is 6.04 Å². The van der Waals surface area contributed by atoms with Gasteiger partial charge in [0.2, 0.25) is 0 Å². The summed E-state index contributed by atoms with van der Waals surface area (Å²) >= 11 is 0. The van der Waals surface area contributed by atoms with Crippen LogP contribution in [0.15, 0.2) is 29.3 Å². The Morgan fingerprint density at radius 1 is 0.938 bits per heavy atom. The van der Waals surface area contributed by atoms with Gasteiger partial charge in [-0.1, -0.05) is 42.7 Å². The minimum atomic E-state index is 0. The molecule has 2 aliphatic heterocycles. The minimum absolute atomic E-state index is 0. The highest BCUT2D eigenvalue weighted by Crippen LogP contribution is 2.26. The minimum Gasteiger partial charge on any atom is -0.356 e. The van der Waals surface area contributed by atoms with Gasteiger partial charge in [0.25, 0.3) is 0 Å². The molecule has 0 unspecified atom stereocenters. The number of piperidine rings is 2. The van der Waals surface area contributed by atoms with E-state index in [1.54, 1.807) is 0 Å². The van der Waals surface area contributed by atoms with Gasteiger partial charge in [0.15, 0.2) is 5.96 Å². The lowest BCUT2D eigenvalue weighted by Gasteiger charge is -2.37. The standard InChI is InChI=1S/C26H43N5.HI/c1-21-7-9-23(10-8-21)20-30-15-11-22(12-16-30)19-28-26(27-2)29-24-13-17-31(18-14-24)25-5-3-4-6-25;/h7-10,22,24-25H,3-6,11-20H2,1-2H3,(H2,27,28,29);1H. The van der Waals surface area contributed by atoms with Crippen molar-refractivity contribution in [3.63, 3.8) is 0 Å². The third-order valence-electron chi connectivity index (χ3n) is 7.73. The second kappa shape index (κ2) is 13.1. The monoisotopic (exact) mass is 553 g/mol. The smallest absolute Gasteiger partial charge is 0.191 e. The molecule has 1 aliphatic carbocycles. The van der Waals surface area contributed by atoms with E-state index in [-0.39, 0.29) is 24.0 Å². The van der Waals surface area contributed by atoms with Crippen LogP contribution in [-0.4, -0.2) is 67.6 Å². The predicted molar refractivity (Wildman–Crippen MR) is 146 cm³/mol. The van der Waals surface area contributed by atoms with E-state index in [1.807, 2.05) is 7.05 Å². The molecule has 0 bridgehead atoms. The van der Waals surface area contributed by atoms with Crippen LogP contribution >= 0.6 is 24.0 Å². The van der Waals surface area contributed by atoms with Crippen molar-refractivity contribution in [2.75, 3.05) is 39.8 Å². The molecule has 1 saturated carbocycles. The Morgan fingerprint density at radius 3 is 2.22 bits per heavy atom. The summed E-state index contributed by atoms with van der Waals surface area (Å²) in [5.74, 6) is 1.75. The molecule has 3 aliphatic rings. The first-order valence-corrected chi connectivity index (χ1v) is 12.7. The van der Waals surface area contributed by atoms with Gasteiger partial charge in [0.1, 0.15) is 0 Å². The second-order valence-corrected chi connectivity index (χ2v) is 10.1. The summed E-state index contributed by atoms with van der Waals surface area (Å²) in [7, 11) is 1.91. The van der Waals surface area contributed by atoms with Crippen LogP contribution in [-0.2, 0) is 6.54 Å². The van der Waals surface area contributed by atoms with Gasteiger partial charge in [0, 0.05) is 45.3 Å². The van der Waals surface area contributed by atoms with E-state index in [4.69, 9.17) is 0 Å². The molecular formula is C26H44IN5. The van der Waals surface area contributed by atoms with E-state index in [1.165, 1.54) is 88.7 Å². The number of aliphatic imine (C=N–C) groups is 1. The normalized spacial score (nSPS) is 22.6. The van der Waals surface area contributed by atoms with E-state index in [9.17, 15) is 0 Å². The number of hydrogen-bond acceptors (Lipinski definition) is 3. The first-order chi connectivity index (χ1) is 15.2. The quantitative estimate of drug-likeness (QED) is 0.312. The van der Waals surface area contributed by atoms with Gasteiger partial charge in [-0.2, -0.15) is 0 Å².